The van der Waals surface area contributed by atoms with Crippen molar-refractivity contribution in [3.63, 3.8) is 0 Å². The Bertz CT molecular complexity index is 749. The number of nitriles is 1. The first-order chi connectivity index (χ1) is 11.8. The molecule has 0 bridgehead atoms. The van der Waals surface area contributed by atoms with Gasteiger partial charge in [-0.15, -0.1) is 0 Å². The summed E-state index contributed by atoms with van der Waals surface area (Å²) in [6.07, 6.45) is 0. The fraction of sp³-hybridized carbons (Fsp3) is 0.364. The standard InChI is InChI=1S/C22H26N2O/c1-16(2)17-11-13-18(14-12-17)20(15-23)24(22(3,4)5)21(25)19-9-7-6-8-10-19/h6-14,16,20H,1-5H3. The van der Waals surface area contributed by atoms with Crippen molar-refractivity contribution in [3.05, 3.63) is 71.3 Å². The van der Waals surface area contributed by atoms with Gasteiger partial charge in [-0.05, 0) is 49.9 Å². The van der Waals surface area contributed by atoms with E-state index in [4.69, 9.17) is 0 Å². The molecule has 1 unspecified atom stereocenters. The predicted octanol–water partition coefficient (Wildman–Crippen LogP) is 5.32. The van der Waals surface area contributed by atoms with Crippen LogP contribution in [-0.4, -0.2) is 16.3 Å². The molecule has 0 radical (unpaired) electrons. The van der Waals surface area contributed by atoms with Gasteiger partial charge >= 0.3 is 0 Å². The van der Waals surface area contributed by atoms with Crippen LogP contribution in [0.5, 0.6) is 0 Å². The zero-order valence-corrected chi connectivity index (χ0v) is 15.7. The molecule has 25 heavy (non-hydrogen) atoms. The van der Waals surface area contributed by atoms with Gasteiger partial charge in [-0.1, -0.05) is 56.3 Å². The summed E-state index contributed by atoms with van der Waals surface area (Å²) in [6, 6.07) is 18.8. The largest absolute Gasteiger partial charge is 0.314 e. The van der Waals surface area contributed by atoms with Crippen LogP contribution in [0.25, 0.3) is 0 Å². The normalized spacial score (nSPS) is 12.5. The minimum Gasteiger partial charge on any atom is -0.314 e. The van der Waals surface area contributed by atoms with E-state index in [9.17, 15) is 10.1 Å². The lowest BCUT2D eigenvalue weighted by Crippen LogP contribution is -2.47. The van der Waals surface area contributed by atoms with Gasteiger partial charge in [0.2, 0.25) is 0 Å². The van der Waals surface area contributed by atoms with Gasteiger partial charge in [0.25, 0.3) is 5.91 Å². The van der Waals surface area contributed by atoms with Crippen LogP contribution < -0.4 is 0 Å². The van der Waals surface area contributed by atoms with Gasteiger partial charge in [0.1, 0.15) is 6.04 Å². The van der Waals surface area contributed by atoms with Crippen LogP contribution in [0.1, 0.15) is 68.1 Å². The van der Waals surface area contributed by atoms with Gasteiger partial charge in [0, 0.05) is 11.1 Å². The fourth-order valence-electron chi connectivity index (χ4n) is 2.87. The number of amides is 1. The maximum Gasteiger partial charge on any atom is 0.255 e. The monoisotopic (exact) mass is 334 g/mol. The van der Waals surface area contributed by atoms with Crippen LogP contribution in [0.3, 0.4) is 0 Å². The Balaban J connectivity index is 2.45. The van der Waals surface area contributed by atoms with Crippen molar-refractivity contribution in [2.24, 2.45) is 0 Å². The zero-order chi connectivity index (χ0) is 18.6. The van der Waals surface area contributed by atoms with Crippen LogP contribution in [-0.2, 0) is 0 Å². The summed E-state index contributed by atoms with van der Waals surface area (Å²) in [5.41, 5.74) is 2.17. The SMILES string of the molecule is CC(C)c1ccc(C(C#N)N(C(=O)c2ccccc2)C(C)(C)C)cc1. The highest BCUT2D eigenvalue weighted by Gasteiger charge is 2.34. The number of hydrogen-bond acceptors (Lipinski definition) is 2. The highest BCUT2D eigenvalue weighted by molar-refractivity contribution is 5.95. The van der Waals surface area contributed by atoms with E-state index in [2.05, 4.69) is 19.9 Å². The average molecular weight is 334 g/mol. The molecule has 0 spiro atoms. The third kappa shape index (κ3) is 4.28. The third-order valence-corrected chi connectivity index (χ3v) is 4.26. The molecule has 2 aromatic rings. The Morgan fingerprint density at radius 3 is 1.92 bits per heavy atom. The minimum absolute atomic E-state index is 0.132. The second kappa shape index (κ2) is 7.53. The molecule has 0 aliphatic carbocycles. The minimum atomic E-state index is -0.631. The van der Waals surface area contributed by atoms with Gasteiger partial charge in [-0.25, -0.2) is 0 Å². The second-order valence-electron chi connectivity index (χ2n) is 7.57. The van der Waals surface area contributed by atoms with Crippen molar-refractivity contribution in [2.75, 3.05) is 0 Å². The summed E-state index contributed by atoms with van der Waals surface area (Å²) in [6.45, 7) is 10.1. The molecule has 2 rings (SSSR count). The molecule has 0 aliphatic heterocycles. The van der Waals surface area contributed by atoms with Crippen molar-refractivity contribution < 1.29 is 4.79 Å². The fourth-order valence-corrected chi connectivity index (χ4v) is 2.87. The molecular formula is C22H26N2O. The number of carbonyl (C=O) groups is 1. The smallest absolute Gasteiger partial charge is 0.255 e. The Hall–Kier alpha value is -2.60. The molecular weight excluding hydrogens is 308 g/mol. The van der Waals surface area contributed by atoms with Gasteiger partial charge in [-0.2, -0.15) is 5.26 Å². The van der Waals surface area contributed by atoms with E-state index in [1.165, 1.54) is 5.56 Å². The molecule has 130 valence electrons. The molecule has 0 fully saturated rings. The van der Waals surface area contributed by atoms with Crippen LogP contribution in [0.4, 0.5) is 0 Å². The second-order valence-corrected chi connectivity index (χ2v) is 7.57. The zero-order valence-electron chi connectivity index (χ0n) is 15.7. The molecule has 1 atom stereocenters. The van der Waals surface area contributed by atoms with Crippen molar-refractivity contribution in [3.8, 4) is 6.07 Å². The Labute approximate surface area is 150 Å². The van der Waals surface area contributed by atoms with Crippen LogP contribution in [0.2, 0.25) is 0 Å². The van der Waals surface area contributed by atoms with E-state index in [1.807, 2.05) is 63.2 Å². The lowest BCUT2D eigenvalue weighted by molar-refractivity contribution is 0.0509. The summed E-state index contributed by atoms with van der Waals surface area (Å²) < 4.78 is 0. The Kier molecular flexibility index (Phi) is 5.64. The van der Waals surface area contributed by atoms with Gasteiger partial charge in [-0.3, -0.25) is 4.79 Å². The van der Waals surface area contributed by atoms with E-state index in [0.29, 0.717) is 11.5 Å². The number of carbonyl (C=O) groups excluding carboxylic acids is 1. The molecule has 0 N–H and O–H groups in total. The topological polar surface area (TPSA) is 44.1 Å². The van der Waals surface area contributed by atoms with Crippen LogP contribution >= 0.6 is 0 Å². The molecule has 0 saturated heterocycles. The van der Waals surface area contributed by atoms with Crippen molar-refractivity contribution >= 4 is 5.91 Å². The average Bonchev–Trinajstić information content (AvgIpc) is 2.58. The number of rotatable bonds is 4. The highest BCUT2D eigenvalue weighted by Crippen LogP contribution is 2.30. The predicted molar refractivity (Wildman–Crippen MR) is 101 cm³/mol. The molecule has 0 aromatic heterocycles. The van der Waals surface area contributed by atoms with Gasteiger partial charge in [0.05, 0.1) is 6.07 Å². The number of benzene rings is 2. The quantitative estimate of drug-likeness (QED) is 0.760. The van der Waals surface area contributed by atoms with Crippen molar-refractivity contribution in [1.29, 1.82) is 5.26 Å². The van der Waals surface area contributed by atoms with Crippen LogP contribution in [0.15, 0.2) is 54.6 Å². The summed E-state index contributed by atoms with van der Waals surface area (Å²) in [5, 5.41) is 9.84. The third-order valence-electron chi connectivity index (χ3n) is 4.26. The van der Waals surface area contributed by atoms with Crippen LogP contribution in [0, 0.1) is 11.3 Å². The number of hydrogen-bond donors (Lipinski definition) is 0. The van der Waals surface area contributed by atoms with Gasteiger partial charge in [0.15, 0.2) is 0 Å². The molecule has 3 heteroatoms. The van der Waals surface area contributed by atoms with E-state index in [0.717, 1.165) is 5.56 Å². The van der Waals surface area contributed by atoms with E-state index >= 15 is 0 Å². The first-order valence-electron chi connectivity index (χ1n) is 8.64. The first kappa shape index (κ1) is 18.7. The first-order valence-corrected chi connectivity index (χ1v) is 8.64. The maximum absolute atomic E-state index is 13.1. The van der Waals surface area contributed by atoms with E-state index in [1.54, 1.807) is 17.0 Å². The molecule has 2 aromatic carbocycles. The lowest BCUT2D eigenvalue weighted by Gasteiger charge is -2.39. The van der Waals surface area contributed by atoms with Crippen molar-refractivity contribution in [2.45, 2.75) is 52.1 Å². The summed E-state index contributed by atoms with van der Waals surface area (Å²) in [5.74, 6) is 0.298. The Morgan fingerprint density at radius 1 is 0.960 bits per heavy atom. The molecule has 0 saturated carbocycles. The Morgan fingerprint density at radius 2 is 1.48 bits per heavy atom. The summed E-state index contributed by atoms with van der Waals surface area (Å²) >= 11 is 0. The van der Waals surface area contributed by atoms with E-state index in [-0.39, 0.29) is 5.91 Å². The van der Waals surface area contributed by atoms with E-state index < -0.39 is 11.6 Å². The molecule has 0 aliphatic rings. The summed E-state index contributed by atoms with van der Waals surface area (Å²) in [4.78, 5) is 14.8. The number of nitrogens with zero attached hydrogens (tertiary/aromatic N) is 2. The molecule has 3 nitrogen and oxygen atoms in total. The van der Waals surface area contributed by atoms with Gasteiger partial charge < -0.3 is 4.90 Å². The highest BCUT2D eigenvalue weighted by atomic mass is 16.2. The van der Waals surface area contributed by atoms with Crippen molar-refractivity contribution in [1.82, 2.24) is 4.90 Å². The molecule has 0 heterocycles. The lowest BCUT2D eigenvalue weighted by atomic mass is 9.95. The summed E-state index contributed by atoms with van der Waals surface area (Å²) in [7, 11) is 0. The molecule has 1 amide bonds. The maximum atomic E-state index is 13.1.